The van der Waals surface area contributed by atoms with Gasteiger partial charge >= 0.3 is 6.03 Å². The van der Waals surface area contributed by atoms with Gasteiger partial charge in [-0.15, -0.1) is 0 Å². The third-order valence-electron chi connectivity index (χ3n) is 0.424. The molecule has 0 unspecified atom stereocenters. The summed E-state index contributed by atoms with van der Waals surface area (Å²) < 4.78 is 18.6. The molecule has 0 atom stereocenters. The van der Waals surface area contributed by atoms with Gasteiger partial charge in [0.15, 0.2) is 0 Å². The maximum atomic E-state index is 9.78. The van der Waals surface area contributed by atoms with E-state index < -0.39 is 0 Å². The lowest BCUT2D eigenvalue weighted by molar-refractivity contribution is 0.0541. The molecular formula is C3H6O3P. The van der Waals surface area contributed by atoms with E-state index in [1.807, 2.05) is 0 Å². The SMILES string of the molecule is CO[C](OC)P=O. The van der Waals surface area contributed by atoms with Gasteiger partial charge in [0.05, 0.1) is 0 Å². The number of ether oxygens (including phenoxy) is 2. The Hall–Kier alpha value is 0.0200. The molecule has 0 spiro atoms. The van der Waals surface area contributed by atoms with Crippen LogP contribution in [-0.2, 0) is 14.0 Å². The van der Waals surface area contributed by atoms with Crippen molar-refractivity contribution in [2.75, 3.05) is 14.2 Å². The van der Waals surface area contributed by atoms with Crippen molar-refractivity contribution in [1.82, 2.24) is 0 Å². The van der Waals surface area contributed by atoms with Crippen LogP contribution >= 0.6 is 8.46 Å². The lowest BCUT2D eigenvalue weighted by Gasteiger charge is -1.97. The van der Waals surface area contributed by atoms with Gasteiger partial charge in [0.25, 0.3) is 0 Å². The van der Waals surface area contributed by atoms with Gasteiger partial charge in [0.1, 0.15) is 0 Å². The van der Waals surface area contributed by atoms with Gasteiger partial charge < -0.3 is 9.47 Å². The van der Waals surface area contributed by atoms with Crippen LogP contribution in [0.15, 0.2) is 0 Å². The zero-order valence-electron chi connectivity index (χ0n) is 4.17. The van der Waals surface area contributed by atoms with Gasteiger partial charge in [0.2, 0.25) is 8.46 Å². The molecule has 0 aromatic heterocycles. The van der Waals surface area contributed by atoms with Crippen molar-refractivity contribution in [3.05, 3.63) is 6.03 Å². The van der Waals surface area contributed by atoms with E-state index in [-0.39, 0.29) is 14.5 Å². The number of hydrogen-bond donors (Lipinski definition) is 0. The molecule has 0 fully saturated rings. The molecule has 0 rings (SSSR count). The van der Waals surface area contributed by atoms with Crippen LogP contribution in [0.4, 0.5) is 0 Å². The van der Waals surface area contributed by atoms with Crippen LogP contribution in [0.1, 0.15) is 0 Å². The van der Waals surface area contributed by atoms with Crippen LogP contribution in [-0.4, -0.2) is 14.2 Å². The molecule has 0 heterocycles. The molecule has 0 aliphatic heterocycles. The first-order chi connectivity index (χ1) is 3.35. The Balaban J connectivity index is 3.16. The molecule has 4 heteroatoms. The van der Waals surface area contributed by atoms with Gasteiger partial charge in [-0.1, -0.05) is 0 Å². The number of methoxy groups -OCH3 is 2. The highest BCUT2D eigenvalue weighted by atomic mass is 31.1. The molecule has 3 nitrogen and oxygen atoms in total. The Labute approximate surface area is 43.8 Å². The highest BCUT2D eigenvalue weighted by Crippen LogP contribution is 2.15. The largest absolute Gasteiger partial charge is 0.339 e. The van der Waals surface area contributed by atoms with Gasteiger partial charge in [-0.2, -0.15) is 0 Å². The third kappa shape index (κ3) is 2.68. The van der Waals surface area contributed by atoms with Crippen molar-refractivity contribution in [3.8, 4) is 0 Å². The van der Waals surface area contributed by atoms with Crippen molar-refractivity contribution in [3.63, 3.8) is 0 Å². The second-order valence-electron chi connectivity index (χ2n) is 0.765. The minimum Gasteiger partial charge on any atom is -0.339 e. The first-order valence-corrected chi connectivity index (χ1v) is 2.44. The molecule has 0 saturated heterocycles. The summed E-state index contributed by atoms with van der Waals surface area (Å²) in [5, 5.41) is 0. The van der Waals surface area contributed by atoms with Gasteiger partial charge in [-0.25, -0.2) is 0 Å². The lowest BCUT2D eigenvalue weighted by Crippen LogP contribution is -1.91. The summed E-state index contributed by atoms with van der Waals surface area (Å²) >= 11 is 0. The standard InChI is InChI=1S/C3H6O3P/c1-5-3(6-2)7-4/h1-2H3. The van der Waals surface area contributed by atoms with Crippen molar-refractivity contribution in [2.24, 2.45) is 0 Å². The smallest absolute Gasteiger partial charge is 0.319 e. The fourth-order valence-electron chi connectivity index (χ4n) is 0.158. The minimum atomic E-state index is -0.218. The van der Waals surface area contributed by atoms with E-state index in [4.69, 9.17) is 0 Å². The molecule has 1 radical (unpaired) electrons. The van der Waals surface area contributed by atoms with E-state index in [0.29, 0.717) is 0 Å². The molecule has 0 bridgehead atoms. The zero-order valence-corrected chi connectivity index (χ0v) is 5.07. The highest BCUT2D eigenvalue weighted by Gasteiger charge is 2.03. The van der Waals surface area contributed by atoms with E-state index in [0.717, 1.165) is 0 Å². The van der Waals surface area contributed by atoms with Crippen LogP contribution in [0.3, 0.4) is 0 Å². The van der Waals surface area contributed by atoms with E-state index in [2.05, 4.69) is 9.47 Å². The lowest BCUT2D eigenvalue weighted by atomic mass is 11.3. The Morgan fingerprint density at radius 1 is 1.43 bits per heavy atom. The second-order valence-corrected chi connectivity index (χ2v) is 1.31. The van der Waals surface area contributed by atoms with Crippen LogP contribution in [0.2, 0.25) is 0 Å². The summed E-state index contributed by atoms with van der Waals surface area (Å²) in [4.78, 5) is 0. The molecule has 0 saturated carbocycles. The molecule has 0 amide bonds. The van der Waals surface area contributed by atoms with Crippen molar-refractivity contribution in [1.29, 1.82) is 0 Å². The van der Waals surface area contributed by atoms with E-state index >= 15 is 0 Å². The molecule has 0 aliphatic carbocycles. The predicted octanol–water partition coefficient (Wildman–Crippen LogP) is 1.02. The molecule has 7 heavy (non-hydrogen) atoms. The van der Waals surface area contributed by atoms with E-state index in [1.165, 1.54) is 14.2 Å². The quantitative estimate of drug-likeness (QED) is 0.523. The first kappa shape index (κ1) is 7.02. The topological polar surface area (TPSA) is 35.5 Å². The normalized spacial score (nSPS) is 10.7. The molecular weight excluding hydrogens is 115 g/mol. The zero-order chi connectivity index (χ0) is 5.70. The summed E-state index contributed by atoms with van der Waals surface area (Å²) in [6, 6.07) is 0.0972. The summed E-state index contributed by atoms with van der Waals surface area (Å²) in [7, 11) is 2.57. The van der Waals surface area contributed by atoms with Crippen LogP contribution in [0.25, 0.3) is 0 Å². The number of hydrogen-bond acceptors (Lipinski definition) is 3. The fraction of sp³-hybridized carbons (Fsp3) is 0.667. The van der Waals surface area contributed by atoms with Crippen molar-refractivity contribution in [2.45, 2.75) is 0 Å². The first-order valence-electron chi connectivity index (χ1n) is 1.63. The third-order valence-corrected chi connectivity index (χ3v) is 0.938. The molecule has 41 valence electrons. The minimum absolute atomic E-state index is 0.0972. The molecule has 0 aromatic carbocycles. The molecule has 0 aromatic rings. The second kappa shape index (κ2) is 4.19. The average Bonchev–Trinajstić information content (AvgIpc) is 1.72. The van der Waals surface area contributed by atoms with Crippen molar-refractivity contribution < 1.29 is 14.0 Å². The van der Waals surface area contributed by atoms with Gasteiger partial charge in [0, 0.05) is 14.2 Å². The van der Waals surface area contributed by atoms with Gasteiger partial charge in [-0.05, 0) is 0 Å². The van der Waals surface area contributed by atoms with Crippen molar-refractivity contribution >= 4 is 8.46 Å². The number of rotatable bonds is 3. The Morgan fingerprint density at radius 3 is 1.86 bits per heavy atom. The summed E-state index contributed by atoms with van der Waals surface area (Å²) in [5.74, 6) is 0. The van der Waals surface area contributed by atoms with Crippen LogP contribution in [0.5, 0.6) is 0 Å². The highest BCUT2D eigenvalue weighted by molar-refractivity contribution is 7.27. The maximum absolute atomic E-state index is 9.78. The van der Waals surface area contributed by atoms with Crippen LogP contribution in [0, 0.1) is 6.03 Å². The van der Waals surface area contributed by atoms with E-state index in [1.54, 1.807) is 0 Å². The molecule has 0 N–H and O–H groups in total. The monoisotopic (exact) mass is 121 g/mol. The summed E-state index contributed by atoms with van der Waals surface area (Å²) in [6.45, 7) is 0. The van der Waals surface area contributed by atoms with Crippen LogP contribution < -0.4 is 0 Å². The Bertz CT molecular complexity index is 52.1. The Kier molecular flexibility index (Phi) is 4.20. The summed E-state index contributed by atoms with van der Waals surface area (Å²) in [6.07, 6.45) is 0. The summed E-state index contributed by atoms with van der Waals surface area (Å²) in [5.41, 5.74) is 0. The van der Waals surface area contributed by atoms with E-state index in [9.17, 15) is 4.57 Å². The predicted molar refractivity (Wildman–Crippen MR) is 24.9 cm³/mol. The van der Waals surface area contributed by atoms with Gasteiger partial charge in [-0.3, -0.25) is 4.57 Å². The average molecular weight is 121 g/mol. The Morgan fingerprint density at radius 2 is 1.86 bits per heavy atom. The fourth-order valence-corrected chi connectivity index (χ4v) is 0.307. The maximum Gasteiger partial charge on any atom is 0.319 e. The molecule has 0 aliphatic rings.